The van der Waals surface area contributed by atoms with Crippen LogP contribution in [0.15, 0.2) is 11.4 Å². The highest BCUT2D eigenvalue weighted by atomic mass is 35.5. The van der Waals surface area contributed by atoms with Crippen LogP contribution in [0.3, 0.4) is 0 Å². The average Bonchev–Trinajstić information content (AvgIpc) is 2.59. The van der Waals surface area contributed by atoms with Crippen LogP contribution in [0, 0.1) is 0 Å². The molecule has 0 aliphatic rings. The molecule has 1 amide bonds. The van der Waals surface area contributed by atoms with Crippen LogP contribution in [-0.2, 0) is 11.3 Å². The normalized spacial score (nSPS) is 12.5. The fraction of sp³-hybridized carbons (Fsp3) is 0.444. The molecule has 1 aromatic heterocycles. The molecule has 78 valence electrons. The van der Waals surface area contributed by atoms with Gasteiger partial charge in [-0.05, 0) is 13.0 Å². The number of hydrogen-bond donors (Lipinski definition) is 2. The largest absolute Gasteiger partial charge is 0.358 e. The molecule has 5 heteroatoms. The maximum Gasteiger partial charge on any atom is 0.236 e. The van der Waals surface area contributed by atoms with Crippen LogP contribution in [0.5, 0.6) is 0 Å². The highest BCUT2D eigenvalue weighted by Crippen LogP contribution is 2.18. The van der Waals surface area contributed by atoms with Crippen LogP contribution < -0.4 is 10.6 Å². The molecule has 1 heterocycles. The first kappa shape index (κ1) is 11.5. The fourth-order valence-electron chi connectivity index (χ4n) is 1.01. The summed E-state index contributed by atoms with van der Waals surface area (Å²) in [6, 6.07) is 1.72. The standard InChI is InChI=1S/C9H13ClN2OS/c1-6(9(13)11-2)12-4-8-3-7(10)5-14-8/h3,5-6,12H,4H2,1-2H3,(H,11,13). The van der Waals surface area contributed by atoms with Crippen molar-refractivity contribution in [2.24, 2.45) is 0 Å². The lowest BCUT2D eigenvalue weighted by atomic mass is 10.3. The number of rotatable bonds is 4. The summed E-state index contributed by atoms with van der Waals surface area (Å²) in [6.07, 6.45) is 0. The van der Waals surface area contributed by atoms with Gasteiger partial charge in [-0.1, -0.05) is 11.6 Å². The Kier molecular flexibility index (Phi) is 4.38. The maximum atomic E-state index is 11.1. The second-order valence-corrected chi connectivity index (χ2v) is 4.38. The second-order valence-electron chi connectivity index (χ2n) is 2.95. The minimum Gasteiger partial charge on any atom is -0.358 e. The van der Waals surface area contributed by atoms with Gasteiger partial charge in [0.2, 0.25) is 5.91 Å². The summed E-state index contributed by atoms with van der Waals surface area (Å²) >= 11 is 7.35. The molecular weight excluding hydrogens is 220 g/mol. The molecule has 3 nitrogen and oxygen atoms in total. The molecule has 14 heavy (non-hydrogen) atoms. The molecule has 0 aliphatic carbocycles. The molecular formula is C9H13ClN2OS. The van der Waals surface area contributed by atoms with Gasteiger partial charge < -0.3 is 10.6 Å². The molecule has 0 aliphatic heterocycles. The van der Waals surface area contributed by atoms with Gasteiger partial charge in [-0.25, -0.2) is 0 Å². The monoisotopic (exact) mass is 232 g/mol. The smallest absolute Gasteiger partial charge is 0.236 e. The van der Waals surface area contributed by atoms with Crippen molar-refractivity contribution in [1.82, 2.24) is 10.6 Å². The third-order valence-corrected chi connectivity index (χ3v) is 3.13. The van der Waals surface area contributed by atoms with Gasteiger partial charge in [-0.3, -0.25) is 4.79 Å². The predicted octanol–water partition coefficient (Wildman–Crippen LogP) is 1.63. The minimum absolute atomic E-state index is 0.00680. The SMILES string of the molecule is CNC(=O)C(C)NCc1cc(Cl)cs1. The number of carbonyl (C=O) groups is 1. The molecule has 0 aromatic carbocycles. The Morgan fingerprint density at radius 3 is 2.93 bits per heavy atom. The minimum atomic E-state index is -0.180. The van der Waals surface area contributed by atoms with Gasteiger partial charge in [-0.15, -0.1) is 11.3 Å². The van der Waals surface area contributed by atoms with Crippen LogP contribution in [0.1, 0.15) is 11.8 Å². The Hall–Kier alpha value is -0.580. The molecule has 1 aromatic rings. The van der Waals surface area contributed by atoms with Crippen molar-refractivity contribution < 1.29 is 4.79 Å². The van der Waals surface area contributed by atoms with Crippen molar-refractivity contribution in [2.45, 2.75) is 19.5 Å². The maximum absolute atomic E-state index is 11.1. The summed E-state index contributed by atoms with van der Waals surface area (Å²) in [5.41, 5.74) is 0. The highest BCUT2D eigenvalue weighted by molar-refractivity contribution is 7.10. The lowest BCUT2D eigenvalue weighted by Crippen LogP contribution is -2.40. The quantitative estimate of drug-likeness (QED) is 0.829. The van der Waals surface area contributed by atoms with Gasteiger partial charge in [0.25, 0.3) is 0 Å². The molecule has 1 rings (SSSR count). The van der Waals surface area contributed by atoms with Crippen molar-refractivity contribution >= 4 is 28.8 Å². The Balaban J connectivity index is 2.37. The van der Waals surface area contributed by atoms with Crippen molar-refractivity contribution in [3.63, 3.8) is 0 Å². The molecule has 0 radical (unpaired) electrons. The summed E-state index contributed by atoms with van der Waals surface area (Å²) in [6.45, 7) is 2.50. The van der Waals surface area contributed by atoms with E-state index < -0.39 is 0 Å². The van der Waals surface area contributed by atoms with Crippen LogP contribution in [-0.4, -0.2) is 19.0 Å². The lowest BCUT2D eigenvalue weighted by Gasteiger charge is -2.10. The number of thiophene rings is 1. The Labute approximate surface area is 92.5 Å². The van der Waals surface area contributed by atoms with Gasteiger partial charge in [0.05, 0.1) is 11.1 Å². The molecule has 2 N–H and O–H groups in total. The lowest BCUT2D eigenvalue weighted by molar-refractivity contribution is -0.122. The van der Waals surface area contributed by atoms with E-state index in [1.165, 1.54) is 0 Å². The van der Waals surface area contributed by atoms with E-state index in [1.54, 1.807) is 18.4 Å². The summed E-state index contributed by atoms with van der Waals surface area (Å²) in [5.74, 6) is -0.00680. The summed E-state index contributed by atoms with van der Waals surface area (Å²) in [5, 5.41) is 8.31. The Morgan fingerprint density at radius 2 is 2.43 bits per heavy atom. The van der Waals surface area contributed by atoms with E-state index in [1.807, 2.05) is 18.4 Å². The summed E-state index contributed by atoms with van der Waals surface area (Å²) < 4.78 is 0. The van der Waals surface area contributed by atoms with E-state index in [0.29, 0.717) is 6.54 Å². The molecule has 1 atom stereocenters. The first-order valence-electron chi connectivity index (χ1n) is 4.31. The average molecular weight is 233 g/mol. The van der Waals surface area contributed by atoms with E-state index in [4.69, 9.17) is 11.6 Å². The van der Waals surface area contributed by atoms with Crippen molar-refractivity contribution in [3.8, 4) is 0 Å². The van der Waals surface area contributed by atoms with Gasteiger partial charge in [0, 0.05) is 23.8 Å². The number of carbonyl (C=O) groups excluding carboxylic acids is 1. The van der Waals surface area contributed by atoms with Crippen LogP contribution in [0.2, 0.25) is 5.02 Å². The van der Waals surface area contributed by atoms with Gasteiger partial charge >= 0.3 is 0 Å². The van der Waals surface area contributed by atoms with Crippen LogP contribution in [0.4, 0.5) is 0 Å². The third kappa shape index (κ3) is 3.29. The molecule has 0 spiro atoms. The highest BCUT2D eigenvalue weighted by Gasteiger charge is 2.09. The van der Waals surface area contributed by atoms with Crippen molar-refractivity contribution in [3.05, 3.63) is 21.3 Å². The molecule has 1 unspecified atom stereocenters. The number of likely N-dealkylation sites (N-methyl/N-ethyl adjacent to an activating group) is 1. The Morgan fingerprint density at radius 1 is 1.71 bits per heavy atom. The summed E-state index contributed by atoms with van der Waals surface area (Å²) in [7, 11) is 1.63. The van der Waals surface area contributed by atoms with E-state index in [-0.39, 0.29) is 11.9 Å². The zero-order valence-electron chi connectivity index (χ0n) is 8.13. The fourth-order valence-corrected chi connectivity index (χ4v) is 2.03. The first-order chi connectivity index (χ1) is 6.63. The van der Waals surface area contributed by atoms with E-state index >= 15 is 0 Å². The second kappa shape index (κ2) is 5.34. The molecule has 0 bridgehead atoms. The van der Waals surface area contributed by atoms with Gasteiger partial charge in [0.1, 0.15) is 0 Å². The predicted molar refractivity (Wildman–Crippen MR) is 59.7 cm³/mol. The van der Waals surface area contributed by atoms with E-state index in [9.17, 15) is 4.79 Å². The molecule has 0 fully saturated rings. The first-order valence-corrected chi connectivity index (χ1v) is 5.57. The Bertz CT molecular complexity index is 314. The molecule has 0 saturated carbocycles. The topological polar surface area (TPSA) is 41.1 Å². The number of hydrogen-bond acceptors (Lipinski definition) is 3. The van der Waals surface area contributed by atoms with Crippen LogP contribution in [0.25, 0.3) is 0 Å². The number of nitrogens with one attached hydrogen (secondary N) is 2. The van der Waals surface area contributed by atoms with E-state index in [0.717, 1.165) is 9.90 Å². The third-order valence-electron chi connectivity index (χ3n) is 1.84. The zero-order chi connectivity index (χ0) is 10.6. The molecule has 0 saturated heterocycles. The summed E-state index contributed by atoms with van der Waals surface area (Å²) in [4.78, 5) is 12.3. The van der Waals surface area contributed by atoms with Crippen molar-refractivity contribution in [1.29, 1.82) is 0 Å². The van der Waals surface area contributed by atoms with Gasteiger partial charge in [-0.2, -0.15) is 0 Å². The van der Waals surface area contributed by atoms with Crippen molar-refractivity contribution in [2.75, 3.05) is 7.05 Å². The van der Waals surface area contributed by atoms with Gasteiger partial charge in [0.15, 0.2) is 0 Å². The van der Waals surface area contributed by atoms with E-state index in [2.05, 4.69) is 10.6 Å². The zero-order valence-corrected chi connectivity index (χ0v) is 9.71. The number of amides is 1. The number of halogens is 1. The van der Waals surface area contributed by atoms with Crippen LogP contribution >= 0.6 is 22.9 Å².